The monoisotopic (exact) mass is 584 g/mol. The Morgan fingerprint density at radius 2 is 1.95 bits per heavy atom. The summed E-state index contributed by atoms with van der Waals surface area (Å²) in [5.74, 6) is 0.913. The summed E-state index contributed by atoms with van der Waals surface area (Å²) in [7, 11) is 1.95. The average molecular weight is 585 g/mol. The normalized spacial score (nSPS) is 18.2. The lowest BCUT2D eigenvalue weighted by molar-refractivity contribution is -0.142. The molecule has 11 nitrogen and oxygen atoms in total. The Labute approximate surface area is 249 Å². The van der Waals surface area contributed by atoms with Gasteiger partial charge >= 0.3 is 0 Å². The molecule has 1 aromatic carbocycles. The number of amides is 1. The van der Waals surface area contributed by atoms with E-state index in [0.717, 1.165) is 40.9 Å². The van der Waals surface area contributed by atoms with Crippen molar-refractivity contribution in [3.05, 3.63) is 46.9 Å². The van der Waals surface area contributed by atoms with Gasteiger partial charge in [-0.1, -0.05) is 41.2 Å². The van der Waals surface area contributed by atoms with Crippen molar-refractivity contribution in [2.45, 2.75) is 31.9 Å². The lowest BCUT2D eigenvalue weighted by atomic mass is 10.1. The molecule has 12 heteroatoms. The third-order valence-electron chi connectivity index (χ3n) is 8.29. The molecule has 0 radical (unpaired) electrons. The molecule has 3 aliphatic rings. The number of carbonyl (C=O) groups is 1. The number of thiazole rings is 1. The topological polar surface area (TPSA) is 118 Å². The largest absolute Gasteiger partial charge is 0.389 e. The number of carbonyl (C=O) groups excluding carboxylic acids is 1. The number of aromatic nitrogens is 4. The van der Waals surface area contributed by atoms with Crippen LogP contribution in [0.3, 0.4) is 0 Å². The fourth-order valence-corrected chi connectivity index (χ4v) is 6.46. The van der Waals surface area contributed by atoms with Gasteiger partial charge in [-0.3, -0.25) is 9.69 Å². The van der Waals surface area contributed by atoms with Gasteiger partial charge in [-0.05, 0) is 25.8 Å². The molecular weight excluding hydrogens is 550 g/mol. The number of piperazine rings is 1. The first-order valence-corrected chi connectivity index (χ1v) is 15.2. The van der Waals surface area contributed by atoms with Crippen LogP contribution in [0, 0.1) is 18.3 Å². The maximum absolute atomic E-state index is 12.5. The standard InChI is InChI=1S/C30H33N9O2S/c1-19-3-5-20(6-4-19)27-25(14-31)42-30(33-27)35(2)29-24-13-22(15-32-28(24)34-39(29)21-7-8-21)37-11-9-36(10-12-37)18-26(41)38-16-23(40)17-38/h3-6,13,15,21,23,40H,7-12,16-18H2,1-2H3/i15D. The number of fused-ring (bicyclic) bond motifs is 1. The van der Waals surface area contributed by atoms with Crippen molar-refractivity contribution in [3.8, 4) is 17.3 Å². The van der Waals surface area contributed by atoms with Crippen LogP contribution in [0.1, 0.15) is 30.7 Å². The van der Waals surface area contributed by atoms with Crippen LogP contribution in [0.4, 0.5) is 16.6 Å². The lowest BCUT2D eigenvalue weighted by Gasteiger charge is -2.39. The van der Waals surface area contributed by atoms with E-state index in [1.165, 1.54) is 11.3 Å². The summed E-state index contributed by atoms with van der Waals surface area (Å²) in [6.45, 7) is 5.97. The van der Waals surface area contributed by atoms with Crippen LogP contribution in [-0.4, -0.2) is 99.5 Å². The van der Waals surface area contributed by atoms with E-state index in [9.17, 15) is 15.2 Å². The van der Waals surface area contributed by atoms with Gasteiger partial charge in [0.15, 0.2) is 10.8 Å². The Morgan fingerprint density at radius 1 is 1.21 bits per heavy atom. The Balaban J connectivity index is 1.17. The number of likely N-dealkylation sites (tertiary alicyclic amines) is 1. The summed E-state index contributed by atoms with van der Waals surface area (Å²) in [5.41, 5.74) is 3.99. The van der Waals surface area contributed by atoms with Crippen molar-refractivity contribution >= 4 is 44.9 Å². The van der Waals surface area contributed by atoms with Gasteiger partial charge in [0.05, 0.1) is 37.3 Å². The molecule has 5 heterocycles. The van der Waals surface area contributed by atoms with Crippen molar-refractivity contribution in [2.75, 3.05) is 62.7 Å². The second-order valence-corrected chi connectivity index (χ2v) is 12.4. The molecule has 1 amide bonds. The predicted molar refractivity (Wildman–Crippen MR) is 162 cm³/mol. The predicted octanol–water partition coefficient (Wildman–Crippen LogP) is 3.16. The zero-order valence-electron chi connectivity index (χ0n) is 24.7. The number of anilines is 3. The van der Waals surface area contributed by atoms with Crippen LogP contribution in [0.2, 0.25) is 0 Å². The average Bonchev–Trinajstić information content (AvgIpc) is 3.64. The third-order valence-corrected chi connectivity index (χ3v) is 9.32. The summed E-state index contributed by atoms with van der Waals surface area (Å²) in [5, 5.41) is 25.8. The van der Waals surface area contributed by atoms with Gasteiger partial charge in [0.2, 0.25) is 5.91 Å². The van der Waals surface area contributed by atoms with Crippen molar-refractivity contribution in [3.63, 3.8) is 0 Å². The summed E-state index contributed by atoms with van der Waals surface area (Å²) >= 11 is 1.36. The fourth-order valence-electron chi connectivity index (χ4n) is 5.61. The van der Waals surface area contributed by atoms with Gasteiger partial charge in [0.1, 0.15) is 22.5 Å². The van der Waals surface area contributed by atoms with Gasteiger partial charge in [0.25, 0.3) is 0 Å². The second kappa shape index (κ2) is 10.7. The van der Waals surface area contributed by atoms with E-state index in [2.05, 4.69) is 20.9 Å². The summed E-state index contributed by atoms with van der Waals surface area (Å²) in [6.07, 6.45) is 1.85. The van der Waals surface area contributed by atoms with E-state index in [1.807, 2.05) is 53.9 Å². The highest BCUT2D eigenvalue weighted by molar-refractivity contribution is 7.16. The van der Waals surface area contributed by atoms with E-state index in [1.54, 1.807) is 4.90 Å². The number of nitrogens with zero attached hydrogens (tertiary/aromatic N) is 9. The number of aryl methyl sites for hydroxylation is 1. The molecule has 0 bridgehead atoms. The Morgan fingerprint density at radius 3 is 2.62 bits per heavy atom. The molecule has 4 aromatic rings. The first kappa shape index (κ1) is 25.6. The second-order valence-electron chi connectivity index (χ2n) is 11.4. The van der Waals surface area contributed by atoms with Gasteiger partial charge < -0.3 is 19.8 Å². The van der Waals surface area contributed by atoms with Crippen LogP contribution in [0.15, 0.2) is 36.5 Å². The molecule has 216 valence electrons. The molecule has 42 heavy (non-hydrogen) atoms. The van der Waals surface area contributed by atoms with Crippen LogP contribution in [-0.2, 0) is 4.79 Å². The van der Waals surface area contributed by atoms with Crippen molar-refractivity contribution < 1.29 is 11.3 Å². The van der Waals surface area contributed by atoms with Gasteiger partial charge in [-0.2, -0.15) is 10.4 Å². The maximum Gasteiger partial charge on any atom is 0.236 e. The smallest absolute Gasteiger partial charge is 0.236 e. The number of aliphatic hydroxyl groups is 1. The molecule has 3 aromatic heterocycles. The number of benzene rings is 1. The SMILES string of the molecule is [2H]c1nc2nn(C3CC3)c(N(C)c3nc(-c4ccc(C)cc4)c(C#N)s3)c2cc1N1CCN(CC(=O)N2CC(O)C2)CC1. The molecule has 0 spiro atoms. The molecule has 0 unspecified atom stereocenters. The zero-order valence-corrected chi connectivity index (χ0v) is 24.5. The molecule has 0 atom stereocenters. The minimum atomic E-state index is -0.397. The molecule has 7 rings (SSSR count). The van der Waals surface area contributed by atoms with E-state index in [-0.39, 0.29) is 18.1 Å². The van der Waals surface area contributed by atoms with E-state index in [0.29, 0.717) is 67.2 Å². The highest BCUT2D eigenvalue weighted by Crippen LogP contribution is 2.44. The third kappa shape index (κ3) is 4.98. The van der Waals surface area contributed by atoms with Crippen molar-refractivity contribution in [1.29, 1.82) is 5.26 Å². The van der Waals surface area contributed by atoms with E-state index < -0.39 is 6.10 Å². The zero-order chi connectivity index (χ0) is 29.8. The molecule has 2 saturated heterocycles. The number of β-amino-alcohol motifs (C(OH)–C–C–N with tert-alkyl or cyclic N) is 1. The molecule has 1 saturated carbocycles. The van der Waals surface area contributed by atoms with E-state index >= 15 is 0 Å². The molecular formula is C30H33N9O2S. The first-order chi connectivity index (χ1) is 20.8. The Hall–Kier alpha value is -4.05. The summed E-state index contributed by atoms with van der Waals surface area (Å²) < 4.78 is 10.8. The Bertz CT molecular complexity index is 1730. The van der Waals surface area contributed by atoms with Crippen molar-refractivity contribution in [1.82, 2.24) is 29.5 Å². The summed E-state index contributed by atoms with van der Waals surface area (Å²) in [4.78, 5) is 30.6. The Kier molecular flexibility index (Phi) is 6.50. The molecule has 3 fully saturated rings. The number of rotatable bonds is 7. The number of pyridine rings is 1. The van der Waals surface area contributed by atoms with Crippen molar-refractivity contribution in [2.24, 2.45) is 0 Å². The first-order valence-electron chi connectivity index (χ1n) is 14.8. The van der Waals surface area contributed by atoms with E-state index in [4.69, 9.17) is 11.5 Å². The van der Waals surface area contributed by atoms with Crippen LogP contribution in [0.25, 0.3) is 22.3 Å². The lowest BCUT2D eigenvalue weighted by Crippen LogP contribution is -2.57. The number of hydrogen-bond donors (Lipinski definition) is 1. The van der Waals surface area contributed by atoms with Crippen LogP contribution < -0.4 is 9.80 Å². The minimum absolute atomic E-state index is 0.0514. The number of nitriles is 1. The number of hydrogen-bond acceptors (Lipinski definition) is 10. The van der Waals surface area contributed by atoms with Crippen LogP contribution >= 0.6 is 11.3 Å². The summed E-state index contributed by atoms with van der Waals surface area (Å²) in [6, 6.07) is 12.7. The molecule has 1 aliphatic carbocycles. The maximum atomic E-state index is 12.5. The minimum Gasteiger partial charge on any atom is -0.389 e. The highest BCUT2D eigenvalue weighted by atomic mass is 32.1. The molecule has 2 aliphatic heterocycles. The number of aliphatic hydroxyl groups excluding tert-OH is 1. The van der Waals surface area contributed by atoms with Gasteiger partial charge in [0, 0.05) is 51.9 Å². The fraction of sp³-hybridized carbons (Fsp3) is 0.433. The highest BCUT2D eigenvalue weighted by Gasteiger charge is 2.33. The van der Waals surface area contributed by atoms with Gasteiger partial charge in [-0.15, -0.1) is 0 Å². The quantitative estimate of drug-likeness (QED) is 0.350. The molecule has 1 N–H and O–H groups in total. The van der Waals surface area contributed by atoms with Gasteiger partial charge in [-0.25, -0.2) is 14.6 Å². The van der Waals surface area contributed by atoms with Crippen LogP contribution in [0.5, 0.6) is 0 Å².